The van der Waals surface area contributed by atoms with Gasteiger partial charge in [0, 0.05) is 12.4 Å². The topological polar surface area (TPSA) is 120 Å². The van der Waals surface area contributed by atoms with Crippen molar-refractivity contribution in [1.82, 2.24) is 15.4 Å². The third-order valence-electron chi connectivity index (χ3n) is 3.61. The molecule has 0 radical (unpaired) electrons. The van der Waals surface area contributed by atoms with Crippen LogP contribution in [0.1, 0.15) is 16.1 Å². The Labute approximate surface area is 167 Å². The highest BCUT2D eigenvalue weighted by molar-refractivity contribution is 7.87. The summed E-state index contributed by atoms with van der Waals surface area (Å²) in [4.78, 5) is 19.5. The van der Waals surface area contributed by atoms with E-state index >= 15 is 0 Å². The van der Waals surface area contributed by atoms with E-state index in [0.29, 0.717) is 11.3 Å². The number of nitrogens with one attached hydrogen (secondary N) is 1. The van der Waals surface area contributed by atoms with E-state index in [0.717, 1.165) is 0 Å². The molecule has 0 saturated heterocycles. The van der Waals surface area contributed by atoms with Gasteiger partial charge in [-0.2, -0.15) is 13.5 Å². The van der Waals surface area contributed by atoms with E-state index in [1.807, 2.05) is 0 Å². The van der Waals surface area contributed by atoms with Crippen molar-refractivity contribution in [3.63, 3.8) is 0 Å². The Morgan fingerprint density at radius 3 is 2.34 bits per heavy atom. The number of carbonyl (C=O) groups is 1. The Balaban J connectivity index is 1.61. The molecule has 10 heteroatoms. The van der Waals surface area contributed by atoms with Crippen molar-refractivity contribution in [2.24, 2.45) is 5.10 Å². The Kier molecular flexibility index (Phi) is 6.15. The van der Waals surface area contributed by atoms with Crippen molar-refractivity contribution >= 4 is 22.2 Å². The SMILES string of the molecule is COc1ccc(S(=O)(=O)Oc2ccc(/C=N/NC(=O)c3cnccn3)cc2)cc1. The van der Waals surface area contributed by atoms with E-state index in [4.69, 9.17) is 8.92 Å². The Morgan fingerprint density at radius 2 is 1.72 bits per heavy atom. The summed E-state index contributed by atoms with van der Waals surface area (Å²) in [7, 11) is -2.48. The van der Waals surface area contributed by atoms with Gasteiger partial charge in [-0.25, -0.2) is 10.4 Å². The molecular weight excluding hydrogens is 396 g/mol. The number of aromatic nitrogens is 2. The Morgan fingerprint density at radius 1 is 1.03 bits per heavy atom. The van der Waals surface area contributed by atoms with Crippen LogP contribution in [0.2, 0.25) is 0 Å². The van der Waals surface area contributed by atoms with Crippen LogP contribution < -0.4 is 14.3 Å². The summed E-state index contributed by atoms with van der Waals surface area (Å²) in [6.07, 6.45) is 5.58. The lowest BCUT2D eigenvalue weighted by atomic mass is 10.2. The molecule has 29 heavy (non-hydrogen) atoms. The zero-order valence-corrected chi connectivity index (χ0v) is 16.0. The molecule has 0 aliphatic heterocycles. The molecule has 1 aromatic heterocycles. The van der Waals surface area contributed by atoms with Crippen LogP contribution in [-0.4, -0.2) is 37.6 Å². The van der Waals surface area contributed by atoms with E-state index in [1.54, 1.807) is 12.1 Å². The number of hydrazone groups is 1. The molecule has 0 atom stereocenters. The molecule has 0 aliphatic rings. The third kappa shape index (κ3) is 5.36. The average molecular weight is 412 g/mol. The number of carbonyl (C=O) groups excluding carboxylic acids is 1. The predicted molar refractivity (Wildman–Crippen MR) is 104 cm³/mol. The van der Waals surface area contributed by atoms with Crippen molar-refractivity contribution in [1.29, 1.82) is 0 Å². The zero-order chi connectivity index (χ0) is 20.7. The van der Waals surface area contributed by atoms with Gasteiger partial charge >= 0.3 is 10.1 Å². The van der Waals surface area contributed by atoms with E-state index in [1.165, 1.54) is 68.3 Å². The first kappa shape index (κ1) is 20.0. The number of methoxy groups -OCH3 is 1. The van der Waals surface area contributed by atoms with Crippen molar-refractivity contribution in [2.45, 2.75) is 4.90 Å². The summed E-state index contributed by atoms with van der Waals surface area (Å²) < 4.78 is 34.8. The van der Waals surface area contributed by atoms with Crippen LogP contribution >= 0.6 is 0 Å². The first-order valence-corrected chi connectivity index (χ1v) is 9.67. The van der Waals surface area contributed by atoms with Gasteiger partial charge in [-0.15, -0.1) is 0 Å². The molecule has 0 aliphatic carbocycles. The Hall–Kier alpha value is -3.79. The van der Waals surface area contributed by atoms with Gasteiger partial charge < -0.3 is 8.92 Å². The van der Waals surface area contributed by atoms with Gasteiger partial charge in [0.1, 0.15) is 22.1 Å². The maximum Gasteiger partial charge on any atom is 0.339 e. The summed E-state index contributed by atoms with van der Waals surface area (Å²) in [5.41, 5.74) is 3.08. The molecule has 2 aromatic carbocycles. The van der Waals surface area contributed by atoms with Gasteiger partial charge in [-0.05, 0) is 54.1 Å². The number of amides is 1. The monoisotopic (exact) mass is 412 g/mol. The quantitative estimate of drug-likeness (QED) is 0.358. The molecule has 1 N–H and O–H groups in total. The maximum atomic E-state index is 12.3. The fourth-order valence-corrected chi connectivity index (χ4v) is 3.10. The number of hydrogen-bond donors (Lipinski definition) is 1. The lowest BCUT2D eigenvalue weighted by Crippen LogP contribution is -2.19. The molecule has 0 spiro atoms. The van der Waals surface area contributed by atoms with Crippen LogP contribution in [-0.2, 0) is 10.1 Å². The van der Waals surface area contributed by atoms with Crippen LogP contribution in [0.15, 0.2) is 77.1 Å². The van der Waals surface area contributed by atoms with Crippen molar-refractivity contribution in [2.75, 3.05) is 7.11 Å². The minimum Gasteiger partial charge on any atom is -0.497 e. The third-order valence-corrected chi connectivity index (χ3v) is 4.87. The van der Waals surface area contributed by atoms with E-state index in [9.17, 15) is 13.2 Å². The van der Waals surface area contributed by atoms with Gasteiger partial charge in [0.15, 0.2) is 0 Å². The molecule has 0 fully saturated rings. The van der Waals surface area contributed by atoms with E-state index < -0.39 is 16.0 Å². The fraction of sp³-hybridized carbons (Fsp3) is 0.0526. The molecule has 0 saturated carbocycles. The van der Waals surface area contributed by atoms with Gasteiger partial charge in [0.2, 0.25) is 0 Å². The van der Waals surface area contributed by atoms with Gasteiger partial charge in [-0.1, -0.05) is 0 Å². The van der Waals surface area contributed by atoms with Crippen molar-refractivity contribution in [3.8, 4) is 11.5 Å². The number of ether oxygens (including phenoxy) is 1. The van der Waals surface area contributed by atoms with E-state index in [2.05, 4.69) is 20.5 Å². The second-order valence-corrected chi connectivity index (χ2v) is 7.12. The predicted octanol–water partition coefficient (Wildman–Crippen LogP) is 2.02. The van der Waals surface area contributed by atoms with Gasteiger partial charge in [0.25, 0.3) is 5.91 Å². The largest absolute Gasteiger partial charge is 0.497 e. The lowest BCUT2D eigenvalue weighted by Gasteiger charge is -2.08. The van der Waals surface area contributed by atoms with Gasteiger partial charge in [-0.3, -0.25) is 9.78 Å². The number of nitrogens with zero attached hydrogens (tertiary/aromatic N) is 3. The molecular formula is C19H16N4O5S. The first-order valence-electron chi connectivity index (χ1n) is 8.26. The second-order valence-electron chi connectivity index (χ2n) is 5.57. The standard InChI is InChI=1S/C19H16N4O5S/c1-27-15-6-8-17(9-7-15)29(25,26)28-16-4-2-14(3-5-16)12-22-23-19(24)18-13-20-10-11-21-18/h2-13H,1H3,(H,23,24)/b22-12+. The molecule has 148 valence electrons. The fourth-order valence-electron chi connectivity index (χ4n) is 2.17. The highest BCUT2D eigenvalue weighted by Crippen LogP contribution is 2.21. The van der Waals surface area contributed by atoms with Crippen LogP contribution in [0.3, 0.4) is 0 Å². The molecule has 1 heterocycles. The highest BCUT2D eigenvalue weighted by Gasteiger charge is 2.16. The van der Waals surface area contributed by atoms with Crippen LogP contribution in [0, 0.1) is 0 Å². The number of hydrogen-bond acceptors (Lipinski definition) is 8. The number of benzene rings is 2. The molecule has 3 aromatic rings. The molecule has 3 rings (SSSR count). The maximum absolute atomic E-state index is 12.3. The van der Waals surface area contributed by atoms with Crippen molar-refractivity contribution < 1.29 is 22.1 Å². The Bertz CT molecular complexity index is 1100. The second kappa shape index (κ2) is 8.93. The average Bonchev–Trinajstić information content (AvgIpc) is 2.75. The van der Waals surface area contributed by atoms with Crippen LogP contribution in [0.4, 0.5) is 0 Å². The summed E-state index contributed by atoms with van der Waals surface area (Å²) >= 11 is 0. The van der Waals surface area contributed by atoms with Crippen molar-refractivity contribution in [3.05, 3.63) is 78.4 Å². The van der Waals surface area contributed by atoms with Crippen LogP contribution in [0.5, 0.6) is 11.5 Å². The van der Waals surface area contributed by atoms with E-state index in [-0.39, 0.29) is 16.3 Å². The van der Waals surface area contributed by atoms with Crippen LogP contribution in [0.25, 0.3) is 0 Å². The minimum atomic E-state index is -3.97. The molecule has 0 bridgehead atoms. The minimum absolute atomic E-state index is 0.00987. The normalized spacial score (nSPS) is 11.2. The molecule has 0 unspecified atom stereocenters. The summed E-state index contributed by atoms with van der Waals surface area (Å²) in [5, 5.41) is 3.82. The first-order chi connectivity index (χ1) is 14.0. The summed E-state index contributed by atoms with van der Waals surface area (Å²) in [5.74, 6) is 0.181. The lowest BCUT2D eigenvalue weighted by molar-refractivity contribution is 0.0949. The smallest absolute Gasteiger partial charge is 0.339 e. The zero-order valence-electron chi connectivity index (χ0n) is 15.2. The molecule has 9 nitrogen and oxygen atoms in total. The summed E-state index contributed by atoms with van der Waals surface area (Å²) in [6.45, 7) is 0. The summed E-state index contributed by atoms with van der Waals surface area (Å²) in [6, 6.07) is 12.0. The number of rotatable bonds is 7. The highest BCUT2D eigenvalue weighted by atomic mass is 32.2. The molecule has 1 amide bonds. The van der Waals surface area contributed by atoms with Gasteiger partial charge in [0.05, 0.1) is 19.5 Å².